The van der Waals surface area contributed by atoms with Gasteiger partial charge in [-0.1, -0.05) is 0 Å². The molecule has 1 aromatic rings. The number of anilines is 1. The molecule has 1 aromatic heterocycles. The number of rotatable bonds is 5. The van der Waals surface area contributed by atoms with Gasteiger partial charge in [0, 0.05) is 13.1 Å². The molecule has 1 N–H and O–H groups in total. The number of nitrogens with zero attached hydrogens (tertiary/aromatic N) is 3. The highest BCUT2D eigenvalue weighted by Gasteiger charge is 2.31. The number of ether oxygens (including phenoxy) is 1. The Labute approximate surface area is 132 Å². The van der Waals surface area contributed by atoms with Crippen LogP contribution in [-0.2, 0) is 4.79 Å². The number of halogens is 3. The fourth-order valence-electron chi connectivity index (χ4n) is 2.44. The summed E-state index contributed by atoms with van der Waals surface area (Å²) in [5.74, 6) is -0.137. The second-order valence-electron chi connectivity index (χ2n) is 5.27. The van der Waals surface area contributed by atoms with Gasteiger partial charge in [-0.2, -0.15) is 18.2 Å². The molecule has 1 amide bonds. The van der Waals surface area contributed by atoms with Gasteiger partial charge in [0.25, 0.3) is 0 Å². The maximum atomic E-state index is 12.2. The van der Waals surface area contributed by atoms with Gasteiger partial charge in [0.15, 0.2) is 5.82 Å². The second-order valence-corrected chi connectivity index (χ2v) is 5.27. The van der Waals surface area contributed by atoms with Crippen LogP contribution in [0.1, 0.15) is 19.8 Å². The molecular weight excluding hydrogens is 313 g/mol. The van der Waals surface area contributed by atoms with E-state index in [9.17, 15) is 18.0 Å². The molecule has 1 aliphatic rings. The normalized spacial score (nSPS) is 18.6. The van der Waals surface area contributed by atoms with Crippen molar-refractivity contribution in [3.63, 3.8) is 0 Å². The van der Waals surface area contributed by atoms with Gasteiger partial charge in [0.05, 0.1) is 24.9 Å². The molecule has 1 fully saturated rings. The van der Waals surface area contributed by atoms with Crippen molar-refractivity contribution in [2.45, 2.75) is 25.9 Å². The number of alkyl halides is 3. The molecule has 0 saturated carbocycles. The lowest BCUT2D eigenvalue weighted by Crippen LogP contribution is -2.45. The van der Waals surface area contributed by atoms with Crippen LogP contribution in [0.25, 0.3) is 0 Å². The van der Waals surface area contributed by atoms with Crippen LogP contribution in [0.15, 0.2) is 12.4 Å². The molecule has 0 unspecified atom stereocenters. The third-order valence-electron chi connectivity index (χ3n) is 3.47. The van der Waals surface area contributed by atoms with Crippen LogP contribution in [0.3, 0.4) is 0 Å². The number of piperidine rings is 1. The molecule has 0 spiro atoms. The SMILES string of the molecule is CCOc1cncc(N2CCC[C@H](C(=O)NCC(F)(F)F)C2)n1. The molecule has 0 aromatic carbocycles. The third-order valence-corrected chi connectivity index (χ3v) is 3.47. The van der Waals surface area contributed by atoms with E-state index in [2.05, 4.69) is 9.97 Å². The predicted octanol–water partition coefficient (Wildman–Crippen LogP) is 1.77. The van der Waals surface area contributed by atoms with E-state index in [1.807, 2.05) is 17.1 Å². The highest BCUT2D eigenvalue weighted by Crippen LogP contribution is 2.23. The molecule has 1 saturated heterocycles. The molecule has 2 heterocycles. The molecule has 23 heavy (non-hydrogen) atoms. The Hall–Kier alpha value is -2.06. The van der Waals surface area contributed by atoms with Crippen LogP contribution in [0.2, 0.25) is 0 Å². The Morgan fingerprint density at radius 1 is 1.48 bits per heavy atom. The van der Waals surface area contributed by atoms with Crippen LogP contribution < -0.4 is 15.0 Å². The molecule has 0 radical (unpaired) electrons. The zero-order chi connectivity index (χ0) is 16.9. The number of carbonyl (C=O) groups is 1. The van der Waals surface area contributed by atoms with Gasteiger partial charge < -0.3 is 15.0 Å². The van der Waals surface area contributed by atoms with Crippen molar-refractivity contribution in [2.24, 2.45) is 5.92 Å². The Kier molecular flexibility index (Phi) is 5.62. The molecule has 2 rings (SSSR count). The zero-order valence-corrected chi connectivity index (χ0v) is 12.8. The van der Waals surface area contributed by atoms with Gasteiger partial charge in [-0.15, -0.1) is 0 Å². The first-order valence-corrected chi connectivity index (χ1v) is 7.43. The van der Waals surface area contributed by atoms with Crippen molar-refractivity contribution in [3.05, 3.63) is 12.4 Å². The first kappa shape index (κ1) is 17.3. The average molecular weight is 332 g/mol. The number of hydrogen-bond acceptors (Lipinski definition) is 5. The molecule has 1 aliphatic heterocycles. The Bertz CT molecular complexity index is 539. The summed E-state index contributed by atoms with van der Waals surface area (Å²) in [6.07, 6.45) is -0.103. The summed E-state index contributed by atoms with van der Waals surface area (Å²) in [6.45, 7) is 1.97. The second kappa shape index (κ2) is 7.47. The van der Waals surface area contributed by atoms with Crippen LogP contribution >= 0.6 is 0 Å². The van der Waals surface area contributed by atoms with Gasteiger partial charge in [0.2, 0.25) is 11.8 Å². The number of aromatic nitrogens is 2. The van der Waals surface area contributed by atoms with Crippen molar-refractivity contribution < 1.29 is 22.7 Å². The molecule has 9 heteroatoms. The highest BCUT2D eigenvalue weighted by atomic mass is 19.4. The minimum absolute atomic E-state index is 0.313. The number of carbonyl (C=O) groups excluding carboxylic acids is 1. The third kappa shape index (κ3) is 5.26. The van der Waals surface area contributed by atoms with Gasteiger partial charge in [-0.25, -0.2) is 0 Å². The van der Waals surface area contributed by atoms with E-state index in [1.54, 1.807) is 6.20 Å². The Balaban J connectivity index is 1.97. The summed E-state index contributed by atoms with van der Waals surface area (Å²) in [7, 11) is 0. The molecule has 6 nitrogen and oxygen atoms in total. The Morgan fingerprint density at radius 2 is 2.26 bits per heavy atom. The largest absolute Gasteiger partial charge is 0.477 e. The zero-order valence-electron chi connectivity index (χ0n) is 12.8. The number of amides is 1. The fraction of sp³-hybridized carbons (Fsp3) is 0.643. The summed E-state index contributed by atoms with van der Waals surface area (Å²) >= 11 is 0. The summed E-state index contributed by atoms with van der Waals surface area (Å²) in [6, 6.07) is 0. The molecule has 128 valence electrons. The van der Waals surface area contributed by atoms with Crippen molar-refractivity contribution in [1.82, 2.24) is 15.3 Å². The minimum Gasteiger partial charge on any atom is -0.477 e. The smallest absolute Gasteiger partial charge is 0.405 e. The van der Waals surface area contributed by atoms with Crippen LogP contribution in [0.4, 0.5) is 19.0 Å². The maximum Gasteiger partial charge on any atom is 0.405 e. The average Bonchev–Trinajstić information content (AvgIpc) is 2.53. The first-order valence-electron chi connectivity index (χ1n) is 7.43. The van der Waals surface area contributed by atoms with Crippen LogP contribution in [0, 0.1) is 5.92 Å². The molecule has 1 atom stereocenters. The van der Waals surface area contributed by atoms with Gasteiger partial charge in [-0.3, -0.25) is 9.78 Å². The lowest BCUT2D eigenvalue weighted by Gasteiger charge is -2.32. The lowest BCUT2D eigenvalue weighted by atomic mass is 9.97. The Morgan fingerprint density at radius 3 is 2.96 bits per heavy atom. The molecule has 0 aliphatic carbocycles. The monoisotopic (exact) mass is 332 g/mol. The van der Waals surface area contributed by atoms with Crippen molar-refractivity contribution in [2.75, 3.05) is 31.1 Å². The standard InChI is InChI=1S/C14H19F3N4O2/c1-2-23-12-7-18-6-11(20-12)21-5-3-4-10(8-21)13(22)19-9-14(15,16)17/h6-7,10H,2-5,8-9H2,1H3,(H,19,22)/t10-/m0/s1. The van der Waals surface area contributed by atoms with Gasteiger partial charge in [0.1, 0.15) is 6.54 Å². The summed E-state index contributed by atoms with van der Waals surface area (Å²) in [4.78, 5) is 22.1. The summed E-state index contributed by atoms with van der Waals surface area (Å²) < 4.78 is 41.8. The van der Waals surface area contributed by atoms with E-state index in [0.717, 1.165) is 0 Å². The van der Waals surface area contributed by atoms with Crippen LogP contribution in [0.5, 0.6) is 5.88 Å². The highest BCUT2D eigenvalue weighted by molar-refractivity contribution is 5.79. The number of nitrogens with one attached hydrogen (secondary N) is 1. The van der Waals surface area contributed by atoms with E-state index in [-0.39, 0.29) is 0 Å². The van der Waals surface area contributed by atoms with Crippen molar-refractivity contribution >= 4 is 11.7 Å². The predicted molar refractivity (Wildman–Crippen MR) is 77.2 cm³/mol. The molecular formula is C14H19F3N4O2. The first-order chi connectivity index (χ1) is 10.9. The van der Waals surface area contributed by atoms with Gasteiger partial charge >= 0.3 is 6.18 Å². The van der Waals surface area contributed by atoms with Gasteiger partial charge in [-0.05, 0) is 19.8 Å². The van der Waals surface area contributed by atoms with E-state index >= 15 is 0 Å². The van der Waals surface area contributed by atoms with E-state index in [1.165, 1.54) is 6.20 Å². The summed E-state index contributed by atoms with van der Waals surface area (Å²) in [5.41, 5.74) is 0. The summed E-state index contributed by atoms with van der Waals surface area (Å²) in [5, 5.41) is 1.94. The van der Waals surface area contributed by atoms with E-state index < -0.39 is 24.5 Å². The minimum atomic E-state index is -4.40. The van der Waals surface area contributed by atoms with Crippen LogP contribution in [-0.4, -0.2) is 48.3 Å². The quantitative estimate of drug-likeness (QED) is 0.890. The number of hydrogen-bond donors (Lipinski definition) is 1. The fourth-order valence-corrected chi connectivity index (χ4v) is 2.44. The van der Waals surface area contributed by atoms with Crippen molar-refractivity contribution in [1.29, 1.82) is 0 Å². The topological polar surface area (TPSA) is 67.3 Å². The maximum absolute atomic E-state index is 12.2. The lowest BCUT2D eigenvalue weighted by molar-refractivity contribution is -0.140. The van der Waals surface area contributed by atoms with Crippen molar-refractivity contribution in [3.8, 4) is 5.88 Å². The molecule has 0 bridgehead atoms. The van der Waals surface area contributed by atoms with E-state index in [4.69, 9.17) is 4.74 Å². The van der Waals surface area contributed by atoms with E-state index in [0.29, 0.717) is 44.2 Å².